The predicted octanol–water partition coefficient (Wildman–Crippen LogP) is 2.21. The van der Waals surface area contributed by atoms with E-state index >= 15 is 0 Å². The van der Waals surface area contributed by atoms with E-state index in [-0.39, 0.29) is 29.0 Å². The Hall–Kier alpha value is -2.12. The molecule has 3 rings (SSSR count). The molecule has 2 heterocycles. The third-order valence-electron chi connectivity index (χ3n) is 4.43. The molecule has 0 bridgehead atoms. The van der Waals surface area contributed by atoms with Crippen molar-refractivity contribution in [3.8, 4) is 11.6 Å². The van der Waals surface area contributed by atoms with Gasteiger partial charge in [-0.05, 0) is 18.6 Å². The van der Waals surface area contributed by atoms with Crippen molar-refractivity contribution in [3.05, 3.63) is 23.4 Å². The van der Waals surface area contributed by atoms with E-state index < -0.39 is 6.04 Å². The van der Waals surface area contributed by atoms with Crippen molar-refractivity contribution in [2.24, 2.45) is 5.92 Å². The van der Waals surface area contributed by atoms with Gasteiger partial charge in [0, 0.05) is 18.5 Å². The highest BCUT2D eigenvalue weighted by Crippen LogP contribution is 2.30. The van der Waals surface area contributed by atoms with E-state index in [2.05, 4.69) is 15.3 Å². The third-order valence-corrected chi connectivity index (χ3v) is 4.68. The zero-order valence-corrected chi connectivity index (χ0v) is 15.0. The Labute approximate surface area is 150 Å². The van der Waals surface area contributed by atoms with Crippen LogP contribution in [0.2, 0.25) is 5.15 Å². The fraction of sp³-hybridized carbons (Fsp3) is 0.471. The molecule has 0 radical (unpaired) electrons. The number of hydrogen-bond acceptors (Lipinski definition) is 7. The van der Waals surface area contributed by atoms with Crippen LogP contribution in [0.4, 0.5) is 0 Å². The Kier molecular flexibility index (Phi) is 5.24. The van der Waals surface area contributed by atoms with Crippen molar-refractivity contribution in [2.45, 2.75) is 25.5 Å². The van der Waals surface area contributed by atoms with Gasteiger partial charge < -0.3 is 19.5 Å². The van der Waals surface area contributed by atoms with Gasteiger partial charge >= 0.3 is 5.97 Å². The van der Waals surface area contributed by atoms with Crippen molar-refractivity contribution < 1.29 is 19.0 Å². The second kappa shape index (κ2) is 7.41. The van der Waals surface area contributed by atoms with E-state index in [0.717, 1.165) is 6.42 Å². The number of ether oxygens (including phenoxy) is 3. The summed E-state index contributed by atoms with van der Waals surface area (Å²) in [5.41, 5.74) is 1.28. The molecular weight excluding hydrogens is 346 g/mol. The molecule has 0 amide bonds. The largest absolute Gasteiger partial charge is 0.497 e. The minimum atomic E-state index is -0.396. The molecule has 0 saturated carbocycles. The van der Waals surface area contributed by atoms with Crippen molar-refractivity contribution in [3.63, 3.8) is 0 Å². The molecule has 1 aliphatic rings. The lowest BCUT2D eigenvalue weighted by Crippen LogP contribution is -2.37. The summed E-state index contributed by atoms with van der Waals surface area (Å²) in [6.45, 7) is 2.51. The molecule has 1 aliphatic heterocycles. The number of nitrogens with one attached hydrogen (secondary N) is 1. The number of carbonyl (C=O) groups excluding carboxylic acids is 1. The zero-order chi connectivity index (χ0) is 18.0. The summed E-state index contributed by atoms with van der Waals surface area (Å²) in [5.74, 6) is 0.595. The van der Waals surface area contributed by atoms with Crippen LogP contribution in [-0.4, -0.2) is 48.8 Å². The van der Waals surface area contributed by atoms with Crippen LogP contribution in [0.5, 0.6) is 11.6 Å². The fourth-order valence-corrected chi connectivity index (χ4v) is 3.29. The third kappa shape index (κ3) is 3.48. The van der Waals surface area contributed by atoms with Gasteiger partial charge in [-0.2, -0.15) is 0 Å². The van der Waals surface area contributed by atoms with Gasteiger partial charge in [0.05, 0.1) is 25.3 Å². The van der Waals surface area contributed by atoms with Crippen LogP contribution in [0.1, 0.15) is 13.3 Å². The first-order chi connectivity index (χ1) is 12.1. The molecule has 1 aromatic heterocycles. The fourth-order valence-electron chi connectivity index (χ4n) is 3.12. The molecule has 1 fully saturated rings. The van der Waals surface area contributed by atoms with Crippen LogP contribution in [0, 0.1) is 5.92 Å². The summed E-state index contributed by atoms with van der Waals surface area (Å²) >= 11 is 6.23. The van der Waals surface area contributed by atoms with Gasteiger partial charge in [0.15, 0.2) is 5.15 Å². The number of carbonyl (C=O) groups is 1. The second-order valence-corrected chi connectivity index (χ2v) is 6.17. The van der Waals surface area contributed by atoms with Crippen LogP contribution in [-0.2, 0) is 9.53 Å². The van der Waals surface area contributed by atoms with Gasteiger partial charge in [-0.3, -0.25) is 4.79 Å². The van der Waals surface area contributed by atoms with Crippen LogP contribution < -0.4 is 14.8 Å². The number of rotatable bonds is 5. The predicted molar refractivity (Wildman–Crippen MR) is 93.1 cm³/mol. The maximum atomic E-state index is 11.9. The van der Waals surface area contributed by atoms with Crippen LogP contribution in [0.25, 0.3) is 11.0 Å². The molecule has 0 spiro atoms. The standard InChI is InChI=1S/C17H20ClN3O4/c1-4-10-13(8-19-14(10)17(22)24-3)25-16-15(18)20-11-6-5-9(23-2)7-12(11)21-16/h5-7,10,13-14,19H,4,8H2,1-3H3/t10-,13+,14+/m1/s1. The molecule has 1 N–H and O–H groups in total. The minimum absolute atomic E-state index is 0.0358. The summed E-state index contributed by atoms with van der Waals surface area (Å²) < 4.78 is 16.1. The smallest absolute Gasteiger partial charge is 0.323 e. The summed E-state index contributed by atoms with van der Waals surface area (Å²) in [5, 5.41) is 3.33. The van der Waals surface area contributed by atoms with Crippen LogP contribution >= 0.6 is 11.6 Å². The minimum Gasteiger partial charge on any atom is -0.497 e. The maximum Gasteiger partial charge on any atom is 0.323 e. The molecule has 2 aromatic rings. The Morgan fingerprint density at radius 2 is 2.12 bits per heavy atom. The first-order valence-electron chi connectivity index (χ1n) is 8.06. The van der Waals surface area contributed by atoms with E-state index in [1.165, 1.54) is 7.11 Å². The lowest BCUT2D eigenvalue weighted by molar-refractivity contribution is -0.144. The number of nitrogens with zero attached hydrogens (tertiary/aromatic N) is 2. The molecule has 0 aliphatic carbocycles. The van der Waals surface area contributed by atoms with E-state index in [4.69, 9.17) is 25.8 Å². The number of methoxy groups -OCH3 is 2. The number of hydrogen-bond donors (Lipinski definition) is 1. The van der Waals surface area contributed by atoms with Gasteiger partial charge in [-0.25, -0.2) is 9.97 Å². The van der Waals surface area contributed by atoms with Gasteiger partial charge in [0.1, 0.15) is 17.9 Å². The number of fused-ring (bicyclic) bond motifs is 1. The van der Waals surface area contributed by atoms with Crippen LogP contribution in [0.15, 0.2) is 18.2 Å². The molecule has 0 unspecified atom stereocenters. The summed E-state index contributed by atoms with van der Waals surface area (Å²) in [7, 11) is 2.97. The molecular formula is C17H20ClN3O4. The second-order valence-electron chi connectivity index (χ2n) is 5.81. The maximum absolute atomic E-state index is 11.9. The average Bonchev–Trinajstić information content (AvgIpc) is 3.03. The average molecular weight is 366 g/mol. The monoisotopic (exact) mass is 365 g/mol. The number of halogens is 1. The lowest BCUT2D eigenvalue weighted by Gasteiger charge is -2.22. The molecule has 7 nitrogen and oxygen atoms in total. The van der Waals surface area contributed by atoms with Gasteiger partial charge in [0.25, 0.3) is 5.88 Å². The molecule has 1 aromatic carbocycles. The molecule has 3 atom stereocenters. The van der Waals surface area contributed by atoms with Crippen molar-refractivity contribution in [1.29, 1.82) is 0 Å². The Bertz CT molecular complexity index is 786. The van der Waals surface area contributed by atoms with Crippen molar-refractivity contribution in [1.82, 2.24) is 15.3 Å². The number of esters is 1. The summed E-state index contributed by atoms with van der Waals surface area (Å²) in [6.07, 6.45) is 0.508. The molecule has 134 valence electrons. The molecule has 8 heteroatoms. The molecule has 1 saturated heterocycles. The normalized spacial score (nSPS) is 22.8. The van der Waals surface area contributed by atoms with E-state index in [1.54, 1.807) is 25.3 Å². The zero-order valence-electron chi connectivity index (χ0n) is 14.3. The highest BCUT2D eigenvalue weighted by atomic mass is 35.5. The van der Waals surface area contributed by atoms with Gasteiger partial charge in [-0.15, -0.1) is 0 Å². The van der Waals surface area contributed by atoms with E-state index in [1.807, 2.05) is 6.92 Å². The van der Waals surface area contributed by atoms with Gasteiger partial charge in [-0.1, -0.05) is 18.5 Å². The van der Waals surface area contributed by atoms with Crippen molar-refractivity contribution >= 4 is 28.6 Å². The van der Waals surface area contributed by atoms with Gasteiger partial charge in [0.2, 0.25) is 0 Å². The number of benzene rings is 1. The highest BCUT2D eigenvalue weighted by Gasteiger charge is 2.41. The number of aromatic nitrogens is 2. The summed E-state index contributed by atoms with van der Waals surface area (Å²) in [6, 6.07) is 4.96. The highest BCUT2D eigenvalue weighted by molar-refractivity contribution is 6.31. The lowest BCUT2D eigenvalue weighted by atomic mass is 9.95. The SMILES string of the molecule is CC[C@@H]1[C@@H](Oc2nc3cc(OC)ccc3nc2Cl)CN[C@@H]1C(=O)OC. The summed E-state index contributed by atoms with van der Waals surface area (Å²) in [4.78, 5) is 20.7. The molecule has 25 heavy (non-hydrogen) atoms. The first-order valence-corrected chi connectivity index (χ1v) is 8.44. The van der Waals surface area contributed by atoms with E-state index in [0.29, 0.717) is 23.3 Å². The Morgan fingerprint density at radius 1 is 1.32 bits per heavy atom. The Balaban J connectivity index is 1.86. The van der Waals surface area contributed by atoms with Crippen LogP contribution in [0.3, 0.4) is 0 Å². The van der Waals surface area contributed by atoms with Crippen molar-refractivity contribution in [2.75, 3.05) is 20.8 Å². The quantitative estimate of drug-likeness (QED) is 0.813. The Morgan fingerprint density at radius 3 is 2.80 bits per heavy atom. The van der Waals surface area contributed by atoms with E-state index in [9.17, 15) is 4.79 Å². The first kappa shape index (κ1) is 17.7. The topological polar surface area (TPSA) is 82.6 Å².